The van der Waals surface area contributed by atoms with E-state index in [0.717, 1.165) is 34.6 Å². The second-order valence-electron chi connectivity index (χ2n) is 4.36. The molecule has 2 aromatic rings. The Morgan fingerprint density at radius 3 is 2.84 bits per heavy atom. The summed E-state index contributed by atoms with van der Waals surface area (Å²) in [6.07, 6.45) is 3.00. The fourth-order valence-corrected chi connectivity index (χ4v) is 2.48. The van der Waals surface area contributed by atoms with Gasteiger partial charge in [0.05, 0.1) is 12.8 Å². The third kappa shape index (κ3) is 3.50. The molecule has 0 spiro atoms. The van der Waals surface area contributed by atoms with Crippen molar-refractivity contribution in [2.24, 2.45) is 7.05 Å². The highest BCUT2D eigenvalue weighted by molar-refractivity contribution is 9.10. The first-order valence-corrected chi connectivity index (χ1v) is 7.01. The van der Waals surface area contributed by atoms with E-state index in [9.17, 15) is 0 Å². The van der Waals surface area contributed by atoms with Crippen LogP contribution in [0, 0.1) is 0 Å². The van der Waals surface area contributed by atoms with Gasteiger partial charge >= 0.3 is 0 Å². The summed E-state index contributed by atoms with van der Waals surface area (Å²) >= 11 is 3.48. The van der Waals surface area contributed by atoms with Crippen LogP contribution in [0.3, 0.4) is 0 Å². The van der Waals surface area contributed by atoms with Gasteiger partial charge in [-0.15, -0.1) is 0 Å². The zero-order valence-corrected chi connectivity index (χ0v) is 13.0. The number of nitrogens with zero attached hydrogens (tertiary/aromatic N) is 2. The number of ether oxygens (including phenoxy) is 1. The SMILES string of the molecule is CCc1nn(C)cc1CNc1cc(Br)cc(OC)c1. The quantitative estimate of drug-likeness (QED) is 0.917. The molecule has 1 aromatic heterocycles. The molecule has 0 saturated heterocycles. The maximum absolute atomic E-state index is 5.25. The first-order valence-electron chi connectivity index (χ1n) is 6.22. The van der Waals surface area contributed by atoms with Gasteiger partial charge in [0, 0.05) is 41.6 Å². The van der Waals surface area contributed by atoms with E-state index in [1.807, 2.05) is 29.9 Å². The number of aryl methyl sites for hydroxylation is 2. The van der Waals surface area contributed by atoms with Crippen LogP contribution in [0.4, 0.5) is 5.69 Å². The molecule has 0 aliphatic heterocycles. The highest BCUT2D eigenvalue weighted by Crippen LogP contribution is 2.25. The third-order valence-electron chi connectivity index (χ3n) is 2.92. The summed E-state index contributed by atoms with van der Waals surface area (Å²) in [5, 5.41) is 7.84. The zero-order chi connectivity index (χ0) is 13.8. The molecule has 5 heteroatoms. The average molecular weight is 324 g/mol. The molecule has 0 amide bonds. The predicted octanol–water partition coefficient (Wildman–Crippen LogP) is 3.37. The van der Waals surface area contributed by atoms with Crippen LogP contribution in [0.15, 0.2) is 28.9 Å². The van der Waals surface area contributed by atoms with E-state index >= 15 is 0 Å². The summed E-state index contributed by atoms with van der Waals surface area (Å²) in [6.45, 7) is 2.88. The summed E-state index contributed by atoms with van der Waals surface area (Å²) in [5.41, 5.74) is 3.39. The maximum atomic E-state index is 5.25. The number of benzene rings is 1. The molecule has 102 valence electrons. The first kappa shape index (κ1) is 13.9. The van der Waals surface area contributed by atoms with Crippen LogP contribution in [-0.2, 0) is 20.0 Å². The van der Waals surface area contributed by atoms with Gasteiger partial charge in [-0.3, -0.25) is 4.68 Å². The van der Waals surface area contributed by atoms with E-state index in [0.29, 0.717) is 0 Å². The van der Waals surface area contributed by atoms with Gasteiger partial charge in [0.2, 0.25) is 0 Å². The Morgan fingerprint density at radius 2 is 2.16 bits per heavy atom. The standard InChI is InChI=1S/C14H18BrN3O/c1-4-14-10(9-18(2)17-14)8-16-12-5-11(15)6-13(7-12)19-3/h5-7,9,16H,4,8H2,1-3H3. The monoisotopic (exact) mass is 323 g/mol. The van der Waals surface area contributed by atoms with Crippen molar-refractivity contribution in [2.75, 3.05) is 12.4 Å². The van der Waals surface area contributed by atoms with Gasteiger partial charge < -0.3 is 10.1 Å². The largest absolute Gasteiger partial charge is 0.497 e. The lowest BCUT2D eigenvalue weighted by Gasteiger charge is -2.09. The topological polar surface area (TPSA) is 39.1 Å². The average Bonchev–Trinajstić information content (AvgIpc) is 2.76. The fourth-order valence-electron chi connectivity index (χ4n) is 2.01. The molecule has 0 unspecified atom stereocenters. The van der Waals surface area contributed by atoms with Gasteiger partial charge in [0.15, 0.2) is 0 Å². The summed E-state index contributed by atoms with van der Waals surface area (Å²) in [7, 11) is 3.62. The summed E-state index contributed by atoms with van der Waals surface area (Å²) in [5.74, 6) is 0.832. The number of rotatable bonds is 5. The zero-order valence-electron chi connectivity index (χ0n) is 11.4. The molecule has 1 aromatic carbocycles. The summed E-state index contributed by atoms with van der Waals surface area (Å²) < 4.78 is 8.11. The van der Waals surface area contributed by atoms with Crippen LogP contribution in [0.5, 0.6) is 5.75 Å². The molecule has 1 N–H and O–H groups in total. The molecule has 4 nitrogen and oxygen atoms in total. The van der Waals surface area contributed by atoms with E-state index in [2.05, 4.69) is 39.5 Å². The van der Waals surface area contributed by atoms with Gasteiger partial charge in [-0.25, -0.2) is 0 Å². The van der Waals surface area contributed by atoms with Crippen LogP contribution in [-0.4, -0.2) is 16.9 Å². The molecule has 0 bridgehead atoms. The predicted molar refractivity (Wildman–Crippen MR) is 80.6 cm³/mol. The molecule has 0 aliphatic rings. The molecular weight excluding hydrogens is 306 g/mol. The second-order valence-corrected chi connectivity index (χ2v) is 5.28. The number of anilines is 1. The number of methoxy groups -OCH3 is 1. The molecule has 0 radical (unpaired) electrons. The van der Waals surface area contributed by atoms with Crippen LogP contribution >= 0.6 is 15.9 Å². The first-order chi connectivity index (χ1) is 9.12. The second kappa shape index (κ2) is 6.10. The van der Waals surface area contributed by atoms with Crippen LogP contribution in [0.2, 0.25) is 0 Å². The lowest BCUT2D eigenvalue weighted by atomic mass is 10.2. The van der Waals surface area contributed by atoms with Crippen LogP contribution < -0.4 is 10.1 Å². The summed E-state index contributed by atoms with van der Waals surface area (Å²) in [4.78, 5) is 0. The smallest absolute Gasteiger partial charge is 0.122 e. The third-order valence-corrected chi connectivity index (χ3v) is 3.37. The summed E-state index contributed by atoms with van der Waals surface area (Å²) in [6, 6.07) is 5.95. The van der Waals surface area contributed by atoms with Gasteiger partial charge in [-0.2, -0.15) is 5.10 Å². The van der Waals surface area contributed by atoms with Gasteiger partial charge in [-0.1, -0.05) is 22.9 Å². The van der Waals surface area contributed by atoms with Crippen molar-refractivity contribution in [2.45, 2.75) is 19.9 Å². The molecule has 0 fully saturated rings. The number of aromatic nitrogens is 2. The lowest BCUT2D eigenvalue weighted by Crippen LogP contribution is -2.01. The van der Waals surface area contributed by atoms with Crippen molar-refractivity contribution < 1.29 is 4.74 Å². The number of hydrogen-bond donors (Lipinski definition) is 1. The van der Waals surface area contributed by atoms with Crippen molar-refractivity contribution in [3.8, 4) is 5.75 Å². The maximum Gasteiger partial charge on any atom is 0.122 e. The van der Waals surface area contributed by atoms with E-state index in [4.69, 9.17) is 4.74 Å². The molecule has 2 rings (SSSR count). The number of hydrogen-bond acceptors (Lipinski definition) is 3. The Hall–Kier alpha value is -1.49. The van der Waals surface area contributed by atoms with Gasteiger partial charge in [0.1, 0.15) is 5.75 Å². The molecule has 0 atom stereocenters. The molecule has 19 heavy (non-hydrogen) atoms. The van der Waals surface area contributed by atoms with Crippen molar-refractivity contribution in [1.29, 1.82) is 0 Å². The number of nitrogens with one attached hydrogen (secondary N) is 1. The molecule has 1 heterocycles. The number of halogens is 1. The van der Waals surface area contributed by atoms with Crippen molar-refractivity contribution in [1.82, 2.24) is 9.78 Å². The Balaban J connectivity index is 2.11. The minimum absolute atomic E-state index is 0.761. The minimum atomic E-state index is 0.761. The Bertz CT molecular complexity index is 566. The highest BCUT2D eigenvalue weighted by Gasteiger charge is 2.06. The minimum Gasteiger partial charge on any atom is -0.497 e. The lowest BCUT2D eigenvalue weighted by molar-refractivity contribution is 0.414. The van der Waals surface area contributed by atoms with Crippen LogP contribution in [0.1, 0.15) is 18.2 Å². The molecule has 0 aliphatic carbocycles. The van der Waals surface area contributed by atoms with Gasteiger partial charge in [0.25, 0.3) is 0 Å². The van der Waals surface area contributed by atoms with Gasteiger partial charge in [-0.05, 0) is 18.6 Å². The Morgan fingerprint density at radius 1 is 1.37 bits per heavy atom. The van der Waals surface area contributed by atoms with Crippen molar-refractivity contribution in [3.63, 3.8) is 0 Å². The van der Waals surface area contributed by atoms with E-state index < -0.39 is 0 Å². The molecular formula is C14H18BrN3O. The van der Waals surface area contributed by atoms with Crippen molar-refractivity contribution in [3.05, 3.63) is 40.1 Å². The van der Waals surface area contributed by atoms with E-state index in [-0.39, 0.29) is 0 Å². The highest BCUT2D eigenvalue weighted by atomic mass is 79.9. The van der Waals surface area contributed by atoms with E-state index in [1.165, 1.54) is 5.56 Å². The van der Waals surface area contributed by atoms with Crippen LogP contribution in [0.25, 0.3) is 0 Å². The van der Waals surface area contributed by atoms with Crippen molar-refractivity contribution >= 4 is 21.6 Å². The molecule has 0 saturated carbocycles. The Kier molecular flexibility index (Phi) is 4.47. The normalized spacial score (nSPS) is 10.5. The Labute approximate surface area is 121 Å². The fraction of sp³-hybridized carbons (Fsp3) is 0.357. The van der Waals surface area contributed by atoms with E-state index in [1.54, 1.807) is 7.11 Å².